The fraction of sp³-hybridized carbons (Fsp3) is 0.167. The van der Waals surface area contributed by atoms with Gasteiger partial charge in [-0.3, -0.25) is 9.59 Å². The van der Waals surface area contributed by atoms with E-state index in [9.17, 15) is 9.59 Å². The zero-order valence-corrected chi connectivity index (χ0v) is 9.79. The number of hydrogen-bond donors (Lipinski definition) is 2. The van der Waals surface area contributed by atoms with Gasteiger partial charge in [0.05, 0.1) is 11.3 Å². The first-order valence-electron chi connectivity index (χ1n) is 5.15. The van der Waals surface area contributed by atoms with Gasteiger partial charge >= 0.3 is 5.97 Å². The Kier molecular flexibility index (Phi) is 3.39. The molecule has 1 heterocycles. The molecule has 0 aliphatic heterocycles. The molecule has 0 fully saturated rings. The minimum atomic E-state index is -0.915. The fourth-order valence-corrected chi connectivity index (χ4v) is 2.44. The maximum atomic E-state index is 11.7. The summed E-state index contributed by atoms with van der Waals surface area (Å²) in [5.41, 5.74) is 0. The van der Waals surface area contributed by atoms with Gasteiger partial charge in [0.15, 0.2) is 0 Å². The standard InChI is InChI=1S/C12H11NO3S/c14-11(15)5-6-13-12(16)10-7-8-3-1-2-4-9(8)17-10/h1-4,7H,5-6H2,(H,13,16)(H,14,15). The zero-order chi connectivity index (χ0) is 12.3. The number of amides is 1. The van der Waals surface area contributed by atoms with E-state index >= 15 is 0 Å². The van der Waals surface area contributed by atoms with Gasteiger partial charge in [-0.15, -0.1) is 11.3 Å². The van der Waals surface area contributed by atoms with Gasteiger partial charge in [-0.05, 0) is 17.5 Å². The number of hydrogen-bond acceptors (Lipinski definition) is 3. The minimum Gasteiger partial charge on any atom is -0.481 e. The summed E-state index contributed by atoms with van der Waals surface area (Å²) in [5, 5.41) is 12.1. The van der Waals surface area contributed by atoms with Crippen molar-refractivity contribution in [1.82, 2.24) is 5.32 Å². The third-order valence-corrected chi connectivity index (χ3v) is 3.39. The Labute approximate surface area is 102 Å². The van der Waals surface area contributed by atoms with Gasteiger partial charge in [0.2, 0.25) is 0 Å². The van der Waals surface area contributed by atoms with E-state index in [0.29, 0.717) is 4.88 Å². The van der Waals surface area contributed by atoms with Crippen molar-refractivity contribution in [2.24, 2.45) is 0 Å². The van der Waals surface area contributed by atoms with Crippen molar-refractivity contribution in [2.45, 2.75) is 6.42 Å². The van der Waals surface area contributed by atoms with Gasteiger partial charge in [0.25, 0.3) is 5.91 Å². The number of rotatable bonds is 4. The second-order valence-electron chi connectivity index (χ2n) is 3.55. The van der Waals surface area contributed by atoms with Crippen LogP contribution in [0.4, 0.5) is 0 Å². The molecule has 0 atom stereocenters. The Morgan fingerprint density at radius 3 is 2.76 bits per heavy atom. The van der Waals surface area contributed by atoms with Gasteiger partial charge in [-0.2, -0.15) is 0 Å². The van der Waals surface area contributed by atoms with Gasteiger partial charge in [-0.25, -0.2) is 0 Å². The third kappa shape index (κ3) is 2.82. The summed E-state index contributed by atoms with van der Waals surface area (Å²) in [5.74, 6) is -1.13. The number of thiophene rings is 1. The van der Waals surface area contributed by atoms with Crippen LogP contribution in [0.2, 0.25) is 0 Å². The zero-order valence-electron chi connectivity index (χ0n) is 8.97. The molecule has 2 rings (SSSR count). The number of nitrogens with one attached hydrogen (secondary N) is 1. The first-order chi connectivity index (χ1) is 8.16. The highest BCUT2D eigenvalue weighted by atomic mass is 32.1. The van der Waals surface area contributed by atoms with Crippen LogP contribution in [0.25, 0.3) is 10.1 Å². The lowest BCUT2D eigenvalue weighted by molar-refractivity contribution is -0.136. The molecule has 0 unspecified atom stereocenters. The number of carboxylic acid groups (broad SMARTS) is 1. The molecule has 0 saturated carbocycles. The van der Waals surface area contributed by atoms with E-state index in [1.54, 1.807) is 0 Å². The van der Waals surface area contributed by atoms with Gasteiger partial charge in [-0.1, -0.05) is 18.2 Å². The van der Waals surface area contributed by atoms with E-state index in [1.165, 1.54) is 11.3 Å². The Hall–Kier alpha value is -1.88. The molecule has 0 aliphatic carbocycles. The third-order valence-electron chi connectivity index (χ3n) is 2.27. The molecule has 5 heteroatoms. The highest BCUT2D eigenvalue weighted by Crippen LogP contribution is 2.24. The molecule has 1 aromatic carbocycles. The van der Waals surface area contributed by atoms with Crippen molar-refractivity contribution in [3.05, 3.63) is 35.2 Å². The Balaban J connectivity index is 2.06. The molecular weight excluding hydrogens is 238 g/mol. The van der Waals surface area contributed by atoms with Crippen LogP contribution in [-0.2, 0) is 4.79 Å². The Morgan fingerprint density at radius 1 is 1.29 bits per heavy atom. The van der Waals surface area contributed by atoms with Crippen LogP contribution in [0.1, 0.15) is 16.1 Å². The lowest BCUT2D eigenvalue weighted by Crippen LogP contribution is -2.25. The van der Waals surface area contributed by atoms with E-state index in [0.717, 1.165) is 10.1 Å². The monoisotopic (exact) mass is 249 g/mol. The van der Waals surface area contributed by atoms with E-state index in [2.05, 4.69) is 5.32 Å². The lowest BCUT2D eigenvalue weighted by atomic mass is 10.2. The van der Waals surface area contributed by atoms with E-state index in [4.69, 9.17) is 5.11 Å². The summed E-state index contributed by atoms with van der Waals surface area (Å²) in [6.07, 6.45) is -0.0589. The summed E-state index contributed by atoms with van der Waals surface area (Å²) in [7, 11) is 0. The van der Waals surface area contributed by atoms with Crippen LogP contribution in [0, 0.1) is 0 Å². The molecule has 1 aromatic heterocycles. The smallest absolute Gasteiger partial charge is 0.305 e. The predicted octanol–water partition coefficient (Wildman–Crippen LogP) is 2.11. The van der Waals surface area contributed by atoms with E-state index < -0.39 is 5.97 Å². The average Bonchev–Trinajstić information content (AvgIpc) is 2.71. The number of carbonyl (C=O) groups is 2. The summed E-state index contributed by atoms with van der Waals surface area (Å²) < 4.78 is 1.05. The molecule has 0 saturated heterocycles. The second kappa shape index (κ2) is 4.97. The molecule has 17 heavy (non-hydrogen) atoms. The highest BCUT2D eigenvalue weighted by Gasteiger charge is 2.09. The molecule has 0 aliphatic rings. The average molecular weight is 249 g/mol. The summed E-state index contributed by atoms with van der Waals surface area (Å²) in [4.78, 5) is 22.6. The van der Waals surface area contributed by atoms with Crippen LogP contribution in [-0.4, -0.2) is 23.5 Å². The minimum absolute atomic E-state index is 0.0589. The number of carboxylic acids is 1. The summed E-state index contributed by atoms with van der Waals surface area (Å²) in [6, 6.07) is 9.55. The lowest BCUT2D eigenvalue weighted by Gasteiger charge is -1.99. The quantitative estimate of drug-likeness (QED) is 0.872. The molecule has 0 bridgehead atoms. The molecule has 88 valence electrons. The van der Waals surface area contributed by atoms with Crippen molar-refractivity contribution in [1.29, 1.82) is 0 Å². The van der Waals surface area contributed by atoms with Gasteiger partial charge in [0, 0.05) is 11.2 Å². The van der Waals surface area contributed by atoms with E-state index in [-0.39, 0.29) is 18.9 Å². The first kappa shape index (κ1) is 11.6. The Morgan fingerprint density at radius 2 is 2.06 bits per heavy atom. The second-order valence-corrected chi connectivity index (χ2v) is 4.63. The van der Waals surface area contributed by atoms with Crippen molar-refractivity contribution in [3.63, 3.8) is 0 Å². The highest BCUT2D eigenvalue weighted by molar-refractivity contribution is 7.20. The largest absolute Gasteiger partial charge is 0.481 e. The van der Waals surface area contributed by atoms with Gasteiger partial charge < -0.3 is 10.4 Å². The topological polar surface area (TPSA) is 66.4 Å². The van der Waals surface area contributed by atoms with Crippen molar-refractivity contribution < 1.29 is 14.7 Å². The number of benzene rings is 1. The first-order valence-corrected chi connectivity index (χ1v) is 5.97. The Bertz CT molecular complexity index is 529. The number of aliphatic carboxylic acids is 1. The van der Waals surface area contributed by atoms with Crippen LogP contribution >= 0.6 is 11.3 Å². The predicted molar refractivity (Wildman–Crippen MR) is 66.4 cm³/mol. The molecule has 1 amide bonds. The maximum absolute atomic E-state index is 11.7. The van der Waals surface area contributed by atoms with E-state index in [1.807, 2.05) is 30.3 Å². The van der Waals surface area contributed by atoms with Crippen LogP contribution < -0.4 is 5.32 Å². The van der Waals surface area contributed by atoms with Crippen molar-refractivity contribution >= 4 is 33.3 Å². The fourth-order valence-electron chi connectivity index (χ4n) is 1.46. The normalized spacial score (nSPS) is 10.4. The maximum Gasteiger partial charge on any atom is 0.305 e. The number of carbonyl (C=O) groups excluding carboxylic acids is 1. The number of fused-ring (bicyclic) bond motifs is 1. The molecule has 0 radical (unpaired) electrons. The molecule has 4 nitrogen and oxygen atoms in total. The molecule has 0 spiro atoms. The van der Waals surface area contributed by atoms with Crippen LogP contribution in [0.3, 0.4) is 0 Å². The SMILES string of the molecule is O=C(O)CCNC(=O)c1cc2ccccc2s1. The molecule has 2 aromatic rings. The van der Waals surface area contributed by atoms with Gasteiger partial charge in [0.1, 0.15) is 0 Å². The summed E-state index contributed by atoms with van der Waals surface area (Å²) in [6.45, 7) is 0.155. The van der Waals surface area contributed by atoms with Crippen molar-refractivity contribution in [2.75, 3.05) is 6.54 Å². The van der Waals surface area contributed by atoms with Crippen molar-refractivity contribution in [3.8, 4) is 0 Å². The molecule has 2 N–H and O–H groups in total. The molecular formula is C12H11NO3S. The summed E-state index contributed by atoms with van der Waals surface area (Å²) >= 11 is 1.40. The van der Waals surface area contributed by atoms with Crippen LogP contribution in [0.5, 0.6) is 0 Å². The van der Waals surface area contributed by atoms with Crippen LogP contribution in [0.15, 0.2) is 30.3 Å².